The maximum Gasteiger partial charge on any atom is 0.0973 e. The van der Waals surface area contributed by atoms with Crippen LogP contribution in [0.4, 0.5) is 0 Å². The Kier molecular flexibility index (Phi) is 4.02. The maximum absolute atomic E-state index is 5.08. The van der Waals surface area contributed by atoms with Gasteiger partial charge < -0.3 is 0 Å². The van der Waals surface area contributed by atoms with Gasteiger partial charge in [-0.2, -0.15) is 0 Å². The molecule has 4 rings (SSSR count). The van der Waals surface area contributed by atoms with Gasteiger partial charge in [-0.3, -0.25) is 0 Å². The Bertz CT molecular complexity index is 1010. The quantitative estimate of drug-likeness (QED) is 0.456. The van der Waals surface area contributed by atoms with Gasteiger partial charge in [0.2, 0.25) is 0 Å². The summed E-state index contributed by atoms with van der Waals surface area (Å²) in [5.74, 6) is 0.407. The minimum Gasteiger partial charge on any atom is -0.244 e. The summed E-state index contributed by atoms with van der Waals surface area (Å²) in [4.78, 5) is 10.1. The van der Waals surface area contributed by atoms with Gasteiger partial charge in [0.1, 0.15) is 0 Å². The van der Waals surface area contributed by atoms with E-state index in [4.69, 9.17) is 9.97 Å². The molecule has 0 spiro atoms. The molecule has 4 aromatic rings. The summed E-state index contributed by atoms with van der Waals surface area (Å²) in [6.45, 7) is 4.40. The van der Waals surface area contributed by atoms with Crippen LogP contribution >= 0.6 is 0 Å². The van der Waals surface area contributed by atoms with Gasteiger partial charge in [-0.1, -0.05) is 86.6 Å². The summed E-state index contributed by atoms with van der Waals surface area (Å²) in [5, 5.41) is 0. The van der Waals surface area contributed by atoms with Crippen LogP contribution < -0.4 is 0 Å². The number of rotatable bonds is 3. The van der Waals surface area contributed by atoms with Crippen LogP contribution in [0, 0.1) is 0 Å². The van der Waals surface area contributed by atoms with Crippen LogP contribution in [0.2, 0.25) is 0 Å². The van der Waals surface area contributed by atoms with E-state index in [-0.39, 0.29) is 0 Å². The Morgan fingerprint density at radius 1 is 0.600 bits per heavy atom. The van der Waals surface area contributed by atoms with E-state index < -0.39 is 0 Å². The van der Waals surface area contributed by atoms with E-state index in [2.05, 4.69) is 56.3 Å². The number of benzene rings is 3. The number of para-hydroxylation sites is 1. The maximum atomic E-state index is 5.08. The molecule has 122 valence electrons. The number of hydrogen-bond donors (Lipinski definition) is 0. The van der Waals surface area contributed by atoms with Gasteiger partial charge in [0.05, 0.1) is 22.4 Å². The average Bonchev–Trinajstić information content (AvgIpc) is 2.67. The molecular formula is C23H20N2. The van der Waals surface area contributed by atoms with E-state index in [1.54, 1.807) is 0 Å². The van der Waals surface area contributed by atoms with Crippen molar-refractivity contribution in [3.63, 3.8) is 0 Å². The van der Waals surface area contributed by atoms with Crippen molar-refractivity contribution >= 4 is 11.0 Å². The van der Waals surface area contributed by atoms with Crippen molar-refractivity contribution < 1.29 is 0 Å². The molecule has 25 heavy (non-hydrogen) atoms. The minimum atomic E-state index is 0.407. The second-order valence-corrected chi connectivity index (χ2v) is 6.52. The lowest BCUT2D eigenvalue weighted by atomic mass is 9.99. The normalized spacial score (nSPS) is 11.2. The lowest BCUT2D eigenvalue weighted by Gasteiger charge is -2.14. The van der Waals surface area contributed by atoms with Crippen LogP contribution in [0.25, 0.3) is 33.5 Å². The first-order valence-electron chi connectivity index (χ1n) is 8.65. The first-order valence-corrected chi connectivity index (χ1v) is 8.65. The van der Waals surface area contributed by atoms with Gasteiger partial charge in [-0.25, -0.2) is 9.97 Å². The standard InChI is InChI=1S/C23H20N2/c1-16(2)19-14-9-15-20-23(19)25-22(18-12-7-4-8-13-18)21(24-20)17-10-5-3-6-11-17/h3-16H,1-2H3. The molecule has 0 saturated carbocycles. The van der Waals surface area contributed by atoms with E-state index >= 15 is 0 Å². The molecule has 0 fully saturated rings. The zero-order chi connectivity index (χ0) is 17.2. The summed E-state index contributed by atoms with van der Waals surface area (Å²) in [7, 11) is 0. The predicted molar refractivity (Wildman–Crippen MR) is 104 cm³/mol. The smallest absolute Gasteiger partial charge is 0.0973 e. The van der Waals surface area contributed by atoms with Crippen LogP contribution in [0.3, 0.4) is 0 Å². The Morgan fingerprint density at radius 3 is 1.72 bits per heavy atom. The SMILES string of the molecule is CC(C)c1cccc2nc(-c3ccccc3)c(-c3ccccc3)nc12. The summed E-state index contributed by atoms with van der Waals surface area (Å²) >= 11 is 0. The molecular weight excluding hydrogens is 304 g/mol. The topological polar surface area (TPSA) is 25.8 Å². The second kappa shape index (κ2) is 6.48. The number of fused-ring (bicyclic) bond motifs is 1. The average molecular weight is 324 g/mol. The van der Waals surface area contributed by atoms with E-state index in [0.29, 0.717) is 5.92 Å². The van der Waals surface area contributed by atoms with Crippen molar-refractivity contribution in [2.45, 2.75) is 19.8 Å². The van der Waals surface area contributed by atoms with Crippen LogP contribution in [0.5, 0.6) is 0 Å². The molecule has 0 saturated heterocycles. The van der Waals surface area contributed by atoms with Crippen molar-refractivity contribution in [2.24, 2.45) is 0 Å². The van der Waals surface area contributed by atoms with Gasteiger partial charge in [0, 0.05) is 11.1 Å². The molecule has 0 aliphatic heterocycles. The van der Waals surface area contributed by atoms with Gasteiger partial charge in [0.15, 0.2) is 0 Å². The molecule has 0 unspecified atom stereocenters. The van der Waals surface area contributed by atoms with Crippen molar-refractivity contribution in [2.75, 3.05) is 0 Å². The molecule has 1 heterocycles. The summed E-state index contributed by atoms with van der Waals surface area (Å²) in [6.07, 6.45) is 0. The molecule has 0 aliphatic carbocycles. The Hall–Kier alpha value is -3.00. The van der Waals surface area contributed by atoms with E-state index in [1.807, 2.05) is 36.4 Å². The van der Waals surface area contributed by atoms with Gasteiger partial charge in [-0.15, -0.1) is 0 Å². The van der Waals surface area contributed by atoms with Crippen molar-refractivity contribution in [1.82, 2.24) is 9.97 Å². The summed E-state index contributed by atoms with van der Waals surface area (Å²) in [6, 6.07) is 26.9. The summed E-state index contributed by atoms with van der Waals surface area (Å²) < 4.78 is 0. The van der Waals surface area contributed by atoms with Crippen molar-refractivity contribution in [3.8, 4) is 22.5 Å². The molecule has 2 nitrogen and oxygen atoms in total. The Morgan fingerprint density at radius 2 is 1.16 bits per heavy atom. The predicted octanol–water partition coefficient (Wildman–Crippen LogP) is 6.09. The van der Waals surface area contributed by atoms with Gasteiger partial charge in [-0.05, 0) is 17.5 Å². The third kappa shape index (κ3) is 2.91. The third-order valence-electron chi connectivity index (χ3n) is 4.44. The Labute approximate surface area is 148 Å². The molecule has 0 radical (unpaired) electrons. The first-order chi connectivity index (χ1) is 12.2. The Balaban J connectivity index is 2.06. The third-order valence-corrected chi connectivity index (χ3v) is 4.44. The van der Waals surface area contributed by atoms with E-state index in [9.17, 15) is 0 Å². The highest BCUT2D eigenvalue weighted by Gasteiger charge is 2.15. The second-order valence-electron chi connectivity index (χ2n) is 6.52. The fraction of sp³-hybridized carbons (Fsp3) is 0.130. The summed E-state index contributed by atoms with van der Waals surface area (Å²) in [5.41, 5.74) is 7.23. The van der Waals surface area contributed by atoms with Crippen molar-refractivity contribution in [3.05, 3.63) is 84.4 Å². The molecule has 0 bridgehead atoms. The molecule has 3 aromatic carbocycles. The molecule has 0 amide bonds. The zero-order valence-corrected chi connectivity index (χ0v) is 14.5. The van der Waals surface area contributed by atoms with Crippen LogP contribution in [0.1, 0.15) is 25.3 Å². The number of hydrogen-bond acceptors (Lipinski definition) is 2. The molecule has 0 N–H and O–H groups in total. The molecule has 0 aliphatic rings. The highest BCUT2D eigenvalue weighted by molar-refractivity contribution is 5.87. The monoisotopic (exact) mass is 324 g/mol. The van der Waals surface area contributed by atoms with Crippen molar-refractivity contribution in [1.29, 1.82) is 0 Å². The highest BCUT2D eigenvalue weighted by atomic mass is 14.8. The zero-order valence-electron chi connectivity index (χ0n) is 14.5. The fourth-order valence-corrected chi connectivity index (χ4v) is 3.16. The van der Waals surface area contributed by atoms with E-state index in [1.165, 1.54) is 5.56 Å². The fourth-order valence-electron chi connectivity index (χ4n) is 3.16. The largest absolute Gasteiger partial charge is 0.244 e. The van der Waals surface area contributed by atoms with Gasteiger partial charge >= 0.3 is 0 Å². The van der Waals surface area contributed by atoms with Crippen LogP contribution in [0.15, 0.2) is 78.9 Å². The van der Waals surface area contributed by atoms with Crippen LogP contribution in [-0.4, -0.2) is 9.97 Å². The van der Waals surface area contributed by atoms with Gasteiger partial charge in [0.25, 0.3) is 0 Å². The first kappa shape index (κ1) is 15.5. The highest BCUT2D eigenvalue weighted by Crippen LogP contribution is 2.32. The number of nitrogens with zero attached hydrogens (tertiary/aromatic N) is 2. The lowest BCUT2D eigenvalue weighted by molar-refractivity contribution is 0.872. The molecule has 1 aromatic heterocycles. The molecule has 2 heteroatoms. The number of aromatic nitrogens is 2. The minimum absolute atomic E-state index is 0.407. The van der Waals surface area contributed by atoms with Crippen LogP contribution in [-0.2, 0) is 0 Å². The molecule has 0 atom stereocenters. The van der Waals surface area contributed by atoms with E-state index in [0.717, 1.165) is 33.5 Å². The lowest BCUT2D eigenvalue weighted by Crippen LogP contribution is -1.99.